The van der Waals surface area contributed by atoms with Crippen molar-refractivity contribution in [2.45, 2.75) is 0 Å². The molecule has 16 aromatic carbocycles. The molecule has 0 fully saturated rings. The molecule has 22 rings (SSSR count). The summed E-state index contributed by atoms with van der Waals surface area (Å²) >= 11 is 3.52. The Labute approximate surface area is 576 Å². The zero-order chi connectivity index (χ0) is 65.2. The van der Waals surface area contributed by atoms with Crippen molar-refractivity contribution in [3.63, 3.8) is 0 Å². The fourth-order valence-electron chi connectivity index (χ4n) is 15.5. The molecule has 0 spiro atoms. The summed E-state index contributed by atoms with van der Waals surface area (Å²) in [4.78, 5) is 32.7. The van der Waals surface area contributed by atoms with Gasteiger partial charge in [0, 0.05) is 86.9 Å². The van der Waals surface area contributed by atoms with E-state index in [4.69, 9.17) is 24.9 Å². The van der Waals surface area contributed by atoms with Gasteiger partial charge in [0.25, 0.3) is 0 Å². The number of nitrogens with one attached hydrogen (secondary N) is 1. The lowest BCUT2D eigenvalue weighted by Gasteiger charge is -2.14. The highest BCUT2D eigenvalue weighted by Crippen LogP contribution is 2.51. The molecule has 20 aromatic rings. The minimum absolute atomic E-state index is 0.644. The van der Waals surface area contributed by atoms with Crippen LogP contribution >= 0.6 is 15.9 Å². The predicted octanol–water partition coefficient (Wildman–Crippen LogP) is 23.8. The molecule has 2 aliphatic rings. The third-order valence-corrected chi connectivity index (χ3v) is 20.3. The zero-order valence-corrected chi connectivity index (χ0v) is 54.6. The van der Waals surface area contributed by atoms with Crippen LogP contribution in [0.15, 0.2) is 320 Å². The number of aromatic amines is 1. The molecule has 0 amide bonds. The van der Waals surface area contributed by atoms with Gasteiger partial charge in [-0.2, -0.15) is 0 Å². The molecule has 2 aliphatic carbocycles. The summed E-state index contributed by atoms with van der Waals surface area (Å²) < 4.78 is 3.42. The minimum Gasteiger partial charge on any atom is -0.354 e. The van der Waals surface area contributed by atoms with Gasteiger partial charge in [-0.25, -0.2) is 29.9 Å². The van der Waals surface area contributed by atoms with E-state index < -0.39 is 0 Å². The highest BCUT2D eigenvalue weighted by atomic mass is 79.9. The van der Waals surface area contributed by atoms with Gasteiger partial charge < -0.3 is 9.55 Å². The van der Waals surface area contributed by atoms with Crippen LogP contribution in [0.25, 0.3) is 205 Å². The van der Waals surface area contributed by atoms with Gasteiger partial charge in [-0.3, -0.25) is 0 Å². The Morgan fingerprint density at radius 1 is 0.222 bits per heavy atom. The molecule has 8 nitrogen and oxygen atoms in total. The molecule has 0 unspecified atom stereocenters. The number of aromatic nitrogens is 8. The molecule has 0 saturated carbocycles. The first-order valence-electron chi connectivity index (χ1n) is 33.3. The van der Waals surface area contributed by atoms with Gasteiger partial charge in [0.2, 0.25) is 0 Å². The first-order chi connectivity index (χ1) is 49.0. The number of hydrogen-bond acceptors (Lipinski definition) is 6. The van der Waals surface area contributed by atoms with Gasteiger partial charge in [-0.1, -0.05) is 283 Å². The Bertz CT molecular complexity index is 6610. The largest absolute Gasteiger partial charge is 0.354 e. The highest BCUT2D eigenvalue weighted by molar-refractivity contribution is 9.10. The molecule has 0 radical (unpaired) electrons. The molecular weight excluding hydrogens is 1270 g/mol. The fourth-order valence-corrected chi connectivity index (χ4v) is 15.9. The van der Waals surface area contributed by atoms with Gasteiger partial charge in [-0.05, 0) is 125 Å². The number of hydrogen-bond donors (Lipinski definition) is 1. The normalized spacial score (nSPS) is 11.9. The molecule has 4 aromatic heterocycles. The third kappa shape index (κ3) is 9.19. The lowest BCUT2D eigenvalue weighted by atomic mass is 9.93. The Morgan fingerprint density at radius 3 is 0.929 bits per heavy atom. The minimum atomic E-state index is 0.644. The van der Waals surface area contributed by atoms with Crippen LogP contribution in [0.3, 0.4) is 0 Å². The smallest absolute Gasteiger partial charge is 0.164 e. The van der Waals surface area contributed by atoms with Crippen LogP contribution in [0.4, 0.5) is 0 Å². The van der Waals surface area contributed by atoms with Gasteiger partial charge in [0.15, 0.2) is 34.9 Å². The van der Waals surface area contributed by atoms with Crippen molar-refractivity contribution in [3.8, 4) is 96.3 Å². The van der Waals surface area contributed by atoms with Gasteiger partial charge in [0.1, 0.15) is 0 Å². The first-order valence-corrected chi connectivity index (χ1v) is 34.1. The maximum absolute atomic E-state index is 5.04. The van der Waals surface area contributed by atoms with E-state index in [9.17, 15) is 0 Å². The second kappa shape index (κ2) is 22.7. The standard InChI is InChI=1S/C45H26N4.C24H13N.C21H14BrN3/c1-3-10-30(11-4-1)43-46-44(31-12-5-2-6-13-31)48-45(47-43)32-16-7-17-33(26-32)49-36-24-22-28-15-9-19-35-34-18-8-14-27-20-21-29-23-25-37(49)42(40(29)38(27)34)41(36)39(28)35;1-3-13-7-8-15-10-12-19-24-22(15)20(13)16(5-1)17-6-2-4-14-9-11-18(25-19)23(24)21(14)17;22-18-13-7-12-17(14-18)21-24-19(15-8-3-1-4-9-15)23-20(25-21)16-10-5-2-6-11-16/h1-26H;1-12,25H;1-14H. The SMILES string of the molecule is Brc1cccc(-c2nc(-c3ccccc3)nc(-c3ccccc3)n2)c1.c1cc2c3c(c1)ccc1ccc4[nH]c5ccc6cccc-2c6c5c4c13.c1ccc(-c2nc(-c3ccccc3)nc(-c3cccc(-n4c5ccc6cccc7c6c5c5c6c(ccc8cccc-7c86)ccc54)c3)n2)cc1. The van der Waals surface area contributed by atoms with Crippen molar-refractivity contribution < 1.29 is 0 Å². The lowest BCUT2D eigenvalue weighted by Crippen LogP contribution is -2.01. The summed E-state index contributed by atoms with van der Waals surface area (Å²) in [5, 5.41) is 21.2. The van der Waals surface area contributed by atoms with E-state index in [1.54, 1.807) is 0 Å². The molecule has 9 heteroatoms. The second-order valence-corrected chi connectivity index (χ2v) is 26.4. The summed E-state index contributed by atoms with van der Waals surface area (Å²) in [6, 6.07) is 111. The quantitative estimate of drug-likeness (QED) is 0.160. The van der Waals surface area contributed by atoms with Crippen LogP contribution in [-0.2, 0) is 0 Å². The van der Waals surface area contributed by atoms with E-state index in [0.29, 0.717) is 34.9 Å². The third-order valence-electron chi connectivity index (χ3n) is 19.8. The van der Waals surface area contributed by atoms with E-state index in [-0.39, 0.29) is 0 Å². The van der Waals surface area contributed by atoms with Crippen molar-refractivity contribution >= 4 is 124 Å². The molecule has 1 N–H and O–H groups in total. The van der Waals surface area contributed by atoms with Crippen LogP contribution in [0.2, 0.25) is 0 Å². The van der Waals surface area contributed by atoms with Crippen molar-refractivity contribution in [3.05, 3.63) is 320 Å². The lowest BCUT2D eigenvalue weighted by molar-refractivity contribution is 1.07. The fraction of sp³-hybridized carbons (Fsp3) is 0. The maximum Gasteiger partial charge on any atom is 0.164 e. The van der Waals surface area contributed by atoms with E-state index in [0.717, 1.165) is 43.5 Å². The molecule has 4 heterocycles. The molecule has 0 saturated heterocycles. The Balaban J connectivity index is 0.000000111. The van der Waals surface area contributed by atoms with Crippen molar-refractivity contribution in [1.82, 2.24) is 39.5 Å². The Kier molecular flexibility index (Phi) is 12.9. The summed E-state index contributed by atoms with van der Waals surface area (Å²) in [5.41, 5.74) is 16.9. The Morgan fingerprint density at radius 2 is 0.515 bits per heavy atom. The van der Waals surface area contributed by atoms with Crippen LogP contribution < -0.4 is 0 Å². The number of benzene rings is 16. The average molecular weight is 1330 g/mol. The van der Waals surface area contributed by atoms with Gasteiger partial charge in [-0.15, -0.1) is 0 Å². The molecule has 99 heavy (non-hydrogen) atoms. The number of rotatable bonds is 7. The summed E-state index contributed by atoms with van der Waals surface area (Å²) in [5.74, 6) is 3.96. The number of fused-ring (bicyclic) bond motifs is 2. The molecule has 0 bridgehead atoms. The summed E-state index contributed by atoms with van der Waals surface area (Å²) in [6.07, 6.45) is 0. The van der Waals surface area contributed by atoms with Crippen LogP contribution in [0.5, 0.6) is 0 Å². The molecule has 0 aliphatic heterocycles. The second-order valence-electron chi connectivity index (χ2n) is 25.4. The number of halogens is 1. The monoisotopic (exact) mass is 1320 g/mol. The molecular formula is C90H53BrN8. The predicted molar refractivity (Wildman–Crippen MR) is 413 cm³/mol. The first kappa shape index (κ1) is 56.5. The van der Waals surface area contributed by atoms with Crippen LogP contribution in [0.1, 0.15) is 0 Å². The van der Waals surface area contributed by atoms with E-state index >= 15 is 0 Å². The van der Waals surface area contributed by atoms with Gasteiger partial charge in [0.05, 0.1) is 11.0 Å². The van der Waals surface area contributed by atoms with Gasteiger partial charge >= 0.3 is 0 Å². The van der Waals surface area contributed by atoms with E-state index in [1.165, 1.54) is 131 Å². The van der Waals surface area contributed by atoms with Crippen LogP contribution in [0, 0.1) is 0 Å². The average Bonchev–Trinajstić information content (AvgIpc) is 1.54. The van der Waals surface area contributed by atoms with E-state index in [2.05, 4.69) is 200 Å². The number of nitrogens with zero attached hydrogens (tertiary/aromatic N) is 7. The van der Waals surface area contributed by atoms with Crippen LogP contribution in [-0.4, -0.2) is 39.5 Å². The topological polar surface area (TPSA) is 98.1 Å². The molecule has 0 atom stereocenters. The van der Waals surface area contributed by atoms with Crippen molar-refractivity contribution in [1.29, 1.82) is 0 Å². The maximum atomic E-state index is 5.04. The summed E-state index contributed by atoms with van der Waals surface area (Å²) in [6.45, 7) is 0. The van der Waals surface area contributed by atoms with E-state index in [1.807, 2.05) is 146 Å². The summed E-state index contributed by atoms with van der Waals surface area (Å²) in [7, 11) is 0. The zero-order valence-electron chi connectivity index (χ0n) is 53.0. The Hall–Kier alpha value is -12.8. The molecule has 460 valence electrons. The highest BCUT2D eigenvalue weighted by Gasteiger charge is 2.26. The number of H-pyrrole nitrogens is 1. The van der Waals surface area contributed by atoms with Crippen molar-refractivity contribution in [2.75, 3.05) is 0 Å². The van der Waals surface area contributed by atoms with Crippen molar-refractivity contribution in [2.24, 2.45) is 0 Å².